The highest BCUT2D eigenvalue weighted by Gasteiger charge is 2.23. The summed E-state index contributed by atoms with van der Waals surface area (Å²) in [5.41, 5.74) is 7.15. The molecule has 1 aromatic rings. The fourth-order valence-corrected chi connectivity index (χ4v) is 1.91. The van der Waals surface area contributed by atoms with Gasteiger partial charge >= 0.3 is 0 Å². The molecule has 3 nitrogen and oxygen atoms in total. The van der Waals surface area contributed by atoms with Crippen molar-refractivity contribution in [1.82, 2.24) is 4.98 Å². The standard InChI is InChI=1S/C11H17N3/c1-8-5-6-11(13-7-8)14-10-4-2-3-9(10)12/h5-7,9-10H,2-4,12H2,1H3,(H,13,14)/t9-,10+/m1/s1. The summed E-state index contributed by atoms with van der Waals surface area (Å²) in [5, 5.41) is 3.38. The average Bonchev–Trinajstić information content (AvgIpc) is 2.56. The number of rotatable bonds is 2. The van der Waals surface area contributed by atoms with E-state index in [0.29, 0.717) is 6.04 Å². The second kappa shape index (κ2) is 3.96. The third kappa shape index (κ3) is 2.04. The molecule has 0 radical (unpaired) electrons. The normalized spacial score (nSPS) is 26.4. The Morgan fingerprint density at radius 2 is 2.29 bits per heavy atom. The van der Waals surface area contributed by atoms with E-state index < -0.39 is 0 Å². The maximum absolute atomic E-state index is 5.97. The molecule has 2 rings (SSSR count). The smallest absolute Gasteiger partial charge is 0.126 e. The van der Waals surface area contributed by atoms with Crippen LogP contribution in [-0.4, -0.2) is 17.1 Å². The molecule has 1 aliphatic carbocycles. The van der Waals surface area contributed by atoms with Crippen molar-refractivity contribution in [2.24, 2.45) is 5.73 Å². The molecule has 14 heavy (non-hydrogen) atoms. The summed E-state index contributed by atoms with van der Waals surface area (Å²) >= 11 is 0. The van der Waals surface area contributed by atoms with Crippen LogP contribution in [0.25, 0.3) is 0 Å². The van der Waals surface area contributed by atoms with E-state index in [4.69, 9.17) is 5.73 Å². The van der Waals surface area contributed by atoms with Gasteiger partial charge in [0, 0.05) is 18.3 Å². The fourth-order valence-electron chi connectivity index (χ4n) is 1.91. The Morgan fingerprint density at radius 3 is 2.86 bits per heavy atom. The molecule has 76 valence electrons. The van der Waals surface area contributed by atoms with Gasteiger partial charge in [0.25, 0.3) is 0 Å². The Labute approximate surface area is 84.7 Å². The van der Waals surface area contributed by atoms with Crippen LogP contribution in [0.5, 0.6) is 0 Å². The molecule has 1 saturated carbocycles. The quantitative estimate of drug-likeness (QED) is 0.747. The van der Waals surface area contributed by atoms with E-state index in [1.165, 1.54) is 12.0 Å². The minimum Gasteiger partial charge on any atom is -0.366 e. The van der Waals surface area contributed by atoms with Crippen LogP contribution in [0.2, 0.25) is 0 Å². The van der Waals surface area contributed by atoms with Crippen LogP contribution in [-0.2, 0) is 0 Å². The summed E-state index contributed by atoms with van der Waals surface area (Å²) in [7, 11) is 0. The molecule has 0 bridgehead atoms. The SMILES string of the molecule is Cc1ccc(N[C@H]2CCC[C@H]2N)nc1. The summed E-state index contributed by atoms with van der Waals surface area (Å²) in [6.45, 7) is 2.04. The zero-order valence-corrected chi connectivity index (χ0v) is 8.53. The molecule has 0 aromatic carbocycles. The zero-order valence-electron chi connectivity index (χ0n) is 8.53. The van der Waals surface area contributed by atoms with Crippen molar-refractivity contribution in [2.45, 2.75) is 38.3 Å². The highest BCUT2D eigenvalue weighted by molar-refractivity contribution is 5.37. The summed E-state index contributed by atoms with van der Waals surface area (Å²) < 4.78 is 0. The first-order valence-electron chi connectivity index (χ1n) is 5.20. The number of hydrogen-bond acceptors (Lipinski definition) is 3. The summed E-state index contributed by atoms with van der Waals surface area (Å²) in [6, 6.07) is 4.78. The molecule has 2 atom stereocenters. The summed E-state index contributed by atoms with van der Waals surface area (Å²) in [6.07, 6.45) is 5.40. The molecule has 0 unspecified atom stereocenters. The zero-order chi connectivity index (χ0) is 9.97. The van der Waals surface area contributed by atoms with Gasteiger partial charge in [-0.2, -0.15) is 0 Å². The lowest BCUT2D eigenvalue weighted by Crippen LogP contribution is -2.35. The second-order valence-corrected chi connectivity index (χ2v) is 4.07. The third-order valence-electron chi connectivity index (χ3n) is 2.81. The lowest BCUT2D eigenvalue weighted by atomic mass is 10.2. The fraction of sp³-hybridized carbons (Fsp3) is 0.545. The van der Waals surface area contributed by atoms with Crippen molar-refractivity contribution in [3.05, 3.63) is 23.9 Å². The second-order valence-electron chi connectivity index (χ2n) is 4.07. The number of aryl methyl sites for hydroxylation is 1. The Morgan fingerprint density at radius 1 is 1.43 bits per heavy atom. The largest absolute Gasteiger partial charge is 0.366 e. The van der Waals surface area contributed by atoms with E-state index in [9.17, 15) is 0 Å². The van der Waals surface area contributed by atoms with Gasteiger partial charge in [0.15, 0.2) is 0 Å². The minimum absolute atomic E-state index is 0.290. The van der Waals surface area contributed by atoms with Crippen molar-refractivity contribution in [3.63, 3.8) is 0 Å². The van der Waals surface area contributed by atoms with E-state index in [-0.39, 0.29) is 6.04 Å². The molecule has 3 N–H and O–H groups in total. The highest BCUT2D eigenvalue weighted by atomic mass is 15.0. The molecule has 0 saturated heterocycles. The maximum Gasteiger partial charge on any atom is 0.126 e. The molecule has 0 amide bonds. The molecular weight excluding hydrogens is 174 g/mol. The number of pyridine rings is 1. The van der Waals surface area contributed by atoms with Crippen LogP contribution in [0.3, 0.4) is 0 Å². The van der Waals surface area contributed by atoms with Crippen LogP contribution in [0.1, 0.15) is 24.8 Å². The molecule has 0 spiro atoms. The molecule has 3 heteroatoms. The van der Waals surface area contributed by atoms with Gasteiger partial charge in [-0.15, -0.1) is 0 Å². The number of nitrogens with two attached hydrogens (primary N) is 1. The molecule has 1 aliphatic rings. The first-order valence-corrected chi connectivity index (χ1v) is 5.20. The Balaban J connectivity index is 2.00. The van der Waals surface area contributed by atoms with Gasteiger partial charge in [0.2, 0.25) is 0 Å². The molecular formula is C11H17N3. The van der Waals surface area contributed by atoms with Gasteiger partial charge in [-0.25, -0.2) is 4.98 Å². The van der Waals surface area contributed by atoms with Gasteiger partial charge in [0.1, 0.15) is 5.82 Å². The van der Waals surface area contributed by atoms with Crippen LogP contribution >= 0.6 is 0 Å². The first-order chi connectivity index (χ1) is 6.75. The Kier molecular flexibility index (Phi) is 2.68. The van der Waals surface area contributed by atoms with Crippen LogP contribution < -0.4 is 11.1 Å². The molecule has 0 aliphatic heterocycles. The average molecular weight is 191 g/mol. The molecule has 1 aromatic heterocycles. The topological polar surface area (TPSA) is 50.9 Å². The predicted molar refractivity (Wildman–Crippen MR) is 58.2 cm³/mol. The van der Waals surface area contributed by atoms with E-state index in [0.717, 1.165) is 18.7 Å². The van der Waals surface area contributed by atoms with Gasteiger partial charge in [0.05, 0.1) is 0 Å². The van der Waals surface area contributed by atoms with Gasteiger partial charge in [-0.05, 0) is 37.8 Å². The number of nitrogens with zero attached hydrogens (tertiary/aromatic N) is 1. The number of aromatic nitrogens is 1. The van der Waals surface area contributed by atoms with Crippen molar-refractivity contribution in [2.75, 3.05) is 5.32 Å². The first kappa shape index (κ1) is 9.46. The van der Waals surface area contributed by atoms with Gasteiger partial charge in [-0.3, -0.25) is 0 Å². The van der Waals surface area contributed by atoms with Crippen LogP contribution in [0.4, 0.5) is 5.82 Å². The Bertz CT molecular complexity index is 294. The van der Waals surface area contributed by atoms with Crippen molar-refractivity contribution in [3.8, 4) is 0 Å². The Hall–Kier alpha value is -1.09. The maximum atomic E-state index is 5.97. The highest BCUT2D eigenvalue weighted by Crippen LogP contribution is 2.20. The van der Waals surface area contributed by atoms with Crippen LogP contribution in [0, 0.1) is 6.92 Å². The van der Waals surface area contributed by atoms with Crippen molar-refractivity contribution >= 4 is 5.82 Å². The van der Waals surface area contributed by atoms with Gasteiger partial charge in [-0.1, -0.05) is 6.07 Å². The number of anilines is 1. The third-order valence-corrected chi connectivity index (χ3v) is 2.81. The van der Waals surface area contributed by atoms with E-state index in [1.807, 2.05) is 19.2 Å². The van der Waals surface area contributed by atoms with Crippen molar-refractivity contribution < 1.29 is 0 Å². The lowest BCUT2D eigenvalue weighted by Gasteiger charge is -2.17. The van der Waals surface area contributed by atoms with E-state index in [2.05, 4.69) is 16.4 Å². The lowest BCUT2D eigenvalue weighted by molar-refractivity contribution is 0.635. The molecule has 1 fully saturated rings. The van der Waals surface area contributed by atoms with E-state index >= 15 is 0 Å². The van der Waals surface area contributed by atoms with E-state index in [1.54, 1.807) is 0 Å². The summed E-state index contributed by atoms with van der Waals surface area (Å²) in [5.74, 6) is 0.943. The number of hydrogen-bond donors (Lipinski definition) is 2. The van der Waals surface area contributed by atoms with Crippen LogP contribution in [0.15, 0.2) is 18.3 Å². The summed E-state index contributed by atoms with van der Waals surface area (Å²) in [4.78, 5) is 4.31. The molecule has 1 heterocycles. The predicted octanol–water partition coefficient (Wildman–Crippen LogP) is 1.68. The minimum atomic E-state index is 0.290. The van der Waals surface area contributed by atoms with Crippen molar-refractivity contribution in [1.29, 1.82) is 0 Å². The van der Waals surface area contributed by atoms with Gasteiger partial charge < -0.3 is 11.1 Å². The monoisotopic (exact) mass is 191 g/mol. The number of nitrogens with one attached hydrogen (secondary N) is 1.